The van der Waals surface area contributed by atoms with Crippen LogP contribution in [0, 0.1) is 6.92 Å². The van der Waals surface area contributed by atoms with E-state index in [4.69, 9.17) is 32.7 Å². The molecule has 0 aliphatic rings. The molecule has 0 N–H and O–H groups in total. The first-order valence-electron chi connectivity index (χ1n) is 7.62. The highest BCUT2D eigenvalue weighted by molar-refractivity contribution is 7.17. The first kappa shape index (κ1) is 18.1. The zero-order chi connectivity index (χ0) is 18.0. The SMILES string of the molecule is COC(=O)Cc1csc2cc(OCc3ccc(Cl)cc3Cl)cc(C)c12. The summed E-state index contributed by atoms with van der Waals surface area (Å²) in [5.41, 5.74) is 2.92. The van der Waals surface area contributed by atoms with Gasteiger partial charge in [-0.05, 0) is 53.1 Å². The molecule has 2 aromatic carbocycles. The Morgan fingerprint density at radius 1 is 1.16 bits per heavy atom. The van der Waals surface area contributed by atoms with Crippen molar-refractivity contribution in [1.82, 2.24) is 0 Å². The van der Waals surface area contributed by atoms with Crippen molar-refractivity contribution in [1.29, 1.82) is 0 Å². The van der Waals surface area contributed by atoms with Crippen LogP contribution < -0.4 is 4.74 Å². The van der Waals surface area contributed by atoms with Gasteiger partial charge in [0.2, 0.25) is 0 Å². The first-order valence-corrected chi connectivity index (χ1v) is 9.25. The van der Waals surface area contributed by atoms with Crippen LogP contribution in [-0.2, 0) is 22.6 Å². The Balaban J connectivity index is 1.82. The number of hydrogen-bond donors (Lipinski definition) is 0. The Morgan fingerprint density at radius 2 is 1.96 bits per heavy atom. The van der Waals surface area contributed by atoms with Crippen LogP contribution in [0.1, 0.15) is 16.7 Å². The number of carbonyl (C=O) groups is 1. The van der Waals surface area contributed by atoms with Crippen molar-refractivity contribution in [3.8, 4) is 5.75 Å². The van der Waals surface area contributed by atoms with Gasteiger partial charge in [-0.2, -0.15) is 0 Å². The van der Waals surface area contributed by atoms with Crippen LogP contribution in [0.3, 0.4) is 0 Å². The van der Waals surface area contributed by atoms with Gasteiger partial charge in [-0.15, -0.1) is 11.3 Å². The van der Waals surface area contributed by atoms with E-state index in [9.17, 15) is 4.79 Å². The van der Waals surface area contributed by atoms with E-state index >= 15 is 0 Å². The van der Waals surface area contributed by atoms with Crippen molar-refractivity contribution < 1.29 is 14.3 Å². The Kier molecular flexibility index (Phi) is 5.52. The molecule has 0 unspecified atom stereocenters. The molecule has 0 saturated heterocycles. The molecule has 0 spiro atoms. The van der Waals surface area contributed by atoms with E-state index in [2.05, 4.69) is 0 Å². The lowest BCUT2D eigenvalue weighted by Gasteiger charge is -2.10. The van der Waals surface area contributed by atoms with Gasteiger partial charge in [0.05, 0.1) is 13.5 Å². The third kappa shape index (κ3) is 4.09. The van der Waals surface area contributed by atoms with Crippen LogP contribution in [0.5, 0.6) is 5.75 Å². The highest BCUT2D eigenvalue weighted by Crippen LogP contribution is 2.34. The first-order chi connectivity index (χ1) is 12.0. The predicted molar refractivity (Wildman–Crippen MR) is 103 cm³/mol. The van der Waals surface area contributed by atoms with E-state index in [1.54, 1.807) is 23.5 Å². The quantitative estimate of drug-likeness (QED) is 0.512. The molecule has 0 aliphatic carbocycles. The fraction of sp³-hybridized carbons (Fsp3) is 0.211. The second-order valence-electron chi connectivity index (χ2n) is 5.65. The molecular weight excluding hydrogens is 379 g/mol. The number of rotatable bonds is 5. The Hall–Kier alpha value is -1.75. The summed E-state index contributed by atoms with van der Waals surface area (Å²) in [6.07, 6.45) is 0.276. The van der Waals surface area contributed by atoms with Gasteiger partial charge in [0.15, 0.2) is 0 Å². The zero-order valence-corrected chi connectivity index (χ0v) is 16.1. The van der Waals surface area contributed by atoms with Crippen molar-refractivity contribution in [2.24, 2.45) is 0 Å². The Morgan fingerprint density at radius 3 is 2.68 bits per heavy atom. The van der Waals surface area contributed by atoms with Crippen LogP contribution in [0.25, 0.3) is 10.1 Å². The molecule has 3 aromatic rings. The van der Waals surface area contributed by atoms with E-state index in [-0.39, 0.29) is 12.4 Å². The summed E-state index contributed by atoms with van der Waals surface area (Å²) in [6, 6.07) is 9.31. The number of carbonyl (C=O) groups excluding carboxylic acids is 1. The maximum atomic E-state index is 11.6. The molecule has 0 aliphatic heterocycles. The number of methoxy groups -OCH3 is 1. The molecule has 6 heteroatoms. The van der Waals surface area contributed by atoms with E-state index in [1.807, 2.05) is 30.5 Å². The highest BCUT2D eigenvalue weighted by atomic mass is 35.5. The molecular formula is C19H16Cl2O3S. The largest absolute Gasteiger partial charge is 0.489 e. The molecule has 1 heterocycles. The highest BCUT2D eigenvalue weighted by Gasteiger charge is 2.13. The third-order valence-corrected chi connectivity index (χ3v) is 5.46. The van der Waals surface area contributed by atoms with E-state index in [1.165, 1.54) is 7.11 Å². The molecule has 0 fully saturated rings. The summed E-state index contributed by atoms with van der Waals surface area (Å²) >= 11 is 13.7. The summed E-state index contributed by atoms with van der Waals surface area (Å²) in [7, 11) is 1.40. The summed E-state index contributed by atoms with van der Waals surface area (Å²) in [6.45, 7) is 2.37. The molecule has 0 bridgehead atoms. The Labute approximate surface area is 160 Å². The van der Waals surface area contributed by atoms with Crippen molar-refractivity contribution in [2.45, 2.75) is 20.0 Å². The van der Waals surface area contributed by atoms with Gasteiger partial charge < -0.3 is 9.47 Å². The summed E-state index contributed by atoms with van der Waals surface area (Å²) < 4.78 is 11.7. The number of benzene rings is 2. The summed E-state index contributed by atoms with van der Waals surface area (Å²) in [5, 5.41) is 4.27. The normalized spacial score (nSPS) is 10.9. The average molecular weight is 395 g/mol. The van der Waals surface area contributed by atoms with Crippen molar-refractivity contribution in [3.05, 3.63) is 62.4 Å². The second kappa shape index (κ2) is 7.65. The van der Waals surface area contributed by atoms with Crippen LogP contribution in [0.2, 0.25) is 10.0 Å². The lowest BCUT2D eigenvalue weighted by molar-refractivity contribution is -0.139. The summed E-state index contributed by atoms with van der Waals surface area (Å²) in [4.78, 5) is 11.6. The van der Waals surface area contributed by atoms with Gasteiger partial charge >= 0.3 is 5.97 Å². The van der Waals surface area contributed by atoms with Crippen molar-refractivity contribution in [2.75, 3.05) is 7.11 Å². The van der Waals surface area contributed by atoms with Gasteiger partial charge in [-0.3, -0.25) is 4.79 Å². The second-order valence-corrected chi connectivity index (χ2v) is 7.41. The number of ether oxygens (including phenoxy) is 2. The van der Waals surface area contributed by atoms with Crippen molar-refractivity contribution in [3.63, 3.8) is 0 Å². The van der Waals surface area contributed by atoms with Crippen LogP contribution in [-0.4, -0.2) is 13.1 Å². The fourth-order valence-corrected chi connectivity index (χ4v) is 4.19. The van der Waals surface area contributed by atoms with Gasteiger partial charge in [0.1, 0.15) is 12.4 Å². The zero-order valence-electron chi connectivity index (χ0n) is 13.8. The maximum Gasteiger partial charge on any atom is 0.310 e. The molecule has 0 atom stereocenters. The third-order valence-electron chi connectivity index (χ3n) is 3.89. The lowest BCUT2D eigenvalue weighted by Crippen LogP contribution is -2.04. The van der Waals surface area contributed by atoms with Gasteiger partial charge in [-0.25, -0.2) is 0 Å². The van der Waals surface area contributed by atoms with Crippen LogP contribution >= 0.6 is 34.5 Å². The predicted octanol–water partition coefficient (Wildman–Crippen LogP) is 5.81. The average Bonchev–Trinajstić information content (AvgIpc) is 2.97. The summed E-state index contributed by atoms with van der Waals surface area (Å²) in [5.74, 6) is 0.527. The number of halogens is 2. The van der Waals surface area contributed by atoms with Gasteiger partial charge in [0, 0.05) is 20.3 Å². The molecule has 130 valence electrons. The molecule has 25 heavy (non-hydrogen) atoms. The minimum absolute atomic E-state index is 0.239. The van der Waals surface area contributed by atoms with E-state index in [0.717, 1.165) is 32.5 Å². The number of esters is 1. The molecule has 0 amide bonds. The van der Waals surface area contributed by atoms with Gasteiger partial charge in [0.25, 0.3) is 0 Å². The van der Waals surface area contributed by atoms with E-state index < -0.39 is 0 Å². The fourth-order valence-electron chi connectivity index (χ4n) is 2.66. The number of fused-ring (bicyclic) bond motifs is 1. The number of thiophene rings is 1. The maximum absolute atomic E-state index is 11.6. The van der Waals surface area contributed by atoms with Crippen molar-refractivity contribution >= 4 is 50.6 Å². The van der Waals surface area contributed by atoms with Gasteiger partial charge in [-0.1, -0.05) is 29.3 Å². The Bertz CT molecular complexity index is 934. The standard InChI is InChI=1S/C19H16Cl2O3S/c1-11-5-15(24-9-12-3-4-14(20)7-16(12)21)8-17-19(11)13(10-25-17)6-18(22)23-2/h3-5,7-8,10H,6,9H2,1-2H3. The lowest BCUT2D eigenvalue weighted by atomic mass is 10.1. The molecule has 3 rings (SSSR count). The van der Waals surface area contributed by atoms with E-state index in [0.29, 0.717) is 16.7 Å². The molecule has 0 saturated carbocycles. The minimum Gasteiger partial charge on any atom is -0.489 e. The molecule has 0 radical (unpaired) electrons. The monoisotopic (exact) mass is 394 g/mol. The number of hydrogen-bond acceptors (Lipinski definition) is 4. The number of aryl methyl sites for hydroxylation is 1. The molecule has 1 aromatic heterocycles. The smallest absolute Gasteiger partial charge is 0.310 e. The molecule has 3 nitrogen and oxygen atoms in total. The van der Waals surface area contributed by atoms with Crippen LogP contribution in [0.15, 0.2) is 35.7 Å². The topological polar surface area (TPSA) is 35.5 Å². The van der Waals surface area contributed by atoms with Crippen LogP contribution in [0.4, 0.5) is 0 Å². The minimum atomic E-state index is -0.239.